The average Bonchev–Trinajstić information content (AvgIpc) is 3.85. The van der Waals surface area contributed by atoms with E-state index >= 15 is 0 Å². The first-order valence-electron chi connectivity index (χ1n) is 23.3. The minimum absolute atomic E-state index is 0.0242. The Bertz CT molecular complexity index is 2960. The van der Waals surface area contributed by atoms with Crippen LogP contribution < -0.4 is 10.2 Å². The summed E-state index contributed by atoms with van der Waals surface area (Å²) < 4.78 is 0. The van der Waals surface area contributed by atoms with E-state index in [-0.39, 0.29) is 12.2 Å². The van der Waals surface area contributed by atoms with E-state index in [4.69, 9.17) is 11.6 Å². The van der Waals surface area contributed by atoms with Gasteiger partial charge in [0.2, 0.25) is 0 Å². The molecule has 4 nitrogen and oxygen atoms in total. The van der Waals surface area contributed by atoms with Gasteiger partial charge < -0.3 is 9.80 Å². The third-order valence-corrected chi connectivity index (χ3v) is 15.6. The Morgan fingerprint density at radius 1 is 0.667 bits per heavy atom. The lowest BCUT2D eigenvalue weighted by molar-refractivity contribution is 0.280. The third kappa shape index (κ3) is 5.95. The highest BCUT2D eigenvalue weighted by atomic mass is 15.3. The molecule has 4 heteroatoms. The van der Waals surface area contributed by atoms with Crippen LogP contribution in [-0.2, 0) is 6.42 Å². The van der Waals surface area contributed by atoms with Crippen molar-refractivity contribution < 1.29 is 0 Å². The number of hydrogen-bond acceptors (Lipinski definition) is 4. The van der Waals surface area contributed by atoms with Crippen molar-refractivity contribution in [2.45, 2.75) is 74.3 Å². The van der Waals surface area contributed by atoms with Crippen molar-refractivity contribution in [3.05, 3.63) is 232 Å². The Hall–Kier alpha value is -6.49. The molecule has 5 aromatic carbocycles. The maximum absolute atomic E-state index is 5.35. The molecule has 1 saturated heterocycles. The SMILES string of the molecule is C=C1C(c2ccccc2)=NC(C2C=CC=CC2)NC1c1cccc2c1CCC(N1c3cc4ccccc4cc3C3C=C(N4C5C=CC=CC5C5c6ccccc6C=CC54)CCC31)=C2. The Balaban J connectivity index is 0.873. The van der Waals surface area contributed by atoms with E-state index in [9.17, 15) is 0 Å². The van der Waals surface area contributed by atoms with Gasteiger partial charge in [0.1, 0.15) is 6.17 Å². The van der Waals surface area contributed by atoms with Crippen LogP contribution in [0.2, 0.25) is 0 Å². The molecule has 5 aromatic rings. The van der Waals surface area contributed by atoms with E-state index in [2.05, 4.69) is 197 Å². The van der Waals surface area contributed by atoms with Crippen molar-refractivity contribution in [2.24, 2.45) is 16.8 Å². The van der Waals surface area contributed by atoms with Crippen molar-refractivity contribution in [2.75, 3.05) is 4.90 Å². The van der Waals surface area contributed by atoms with Crippen LogP contribution in [0, 0.1) is 11.8 Å². The number of nitrogens with one attached hydrogen (secondary N) is 1. The van der Waals surface area contributed by atoms with Gasteiger partial charge in [0.05, 0.1) is 23.8 Å². The van der Waals surface area contributed by atoms with Crippen LogP contribution in [0.1, 0.15) is 82.5 Å². The number of rotatable bonds is 5. The summed E-state index contributed by atoms with van der Waals surface area (Å²) in [5.74, 6) is 1.52. The molecule has 3 heterocycles. The summed E-state index contributed by atoms with van der Waals surface area (Å²) in [7, 11) is 0. The lowest BCUT2D eigenvalue weighted by atomic mass is 9.76. The van der Waals surface area contributed by atoms with Crippen molar-refractivity contribution in [3.8, 4) is 0 Å². The molecule has 9 unspecified atom stereocenters. The maximum atomic E-state index is 5.35. The van der Waals surface area contributed by atoms with Crippen molar-refractivity contribution in [1.82, 2.24) is 10.2 Å². The summed E-state index contributed by atoms with van der Waals surface area (Å²) in [5.41, 5.74) is 16.0. The minimum Gasteiger partial charge on any atom is -0.361 e. The molecule has 9 atom stereocenters. The Labute approximate surface area is 371 Å². The Morgan fingerprint density at radius 2 is 1.46 bits per heavy atom. The zero-order valence-corrected chi connectivity index (χ0v) is 35.6. The molecular weight excluding hydrogens is 765 g/mol. The lowest BCUT2D eigenvalue weighted by Crippen LogP contribution is -2.44. The molecule has 13 rings (SSSR count). The fraction of sp³-hybridized carbons (Fsp3) is 0.237. The van der Waals surface area contributed by atoms with Crippen molar-refractivity contribution in [1.29, 1.82) is 0 Å². The molecule has 308 valence electrons. The maximum Gasteiger partial charge on any atom is 0.107 e. The van der Waals surface area contributed by atoms with Gasteiger partial charge in [-0.1, -0.05) is 170 Å². The number of anilines is 1. The second-order valence-corrected chi connectivity index (χ2v) is 18.8. The smallest absolute Gasteiger partial charge is 0.107 e. The van der Waals surface area contributed by atoms with Gasteiger partial charge in [-0.3, -0.25) is 10.3 Å². The summed E-state index contributed by atoms with van der Waals surface area (Å²) >= 11 is 0. The molecule has 0 bridgehead atoms. The van der Waals surface area contributed by atoms with Crippen LogP contribution in [0.15, 0.2) is 198 Å². The number of nitrogens with zero attached hydrogens (tertiary/aromatic N) is 3. The first-order valence-corrected chi connectivity index (χ1v) is 23.3. The molecule has 0 amide bonds. The zero-order chi connectivity index (χ0) is 41.6. The monoisotopic (exact) mass is 816 g/mol. The Morgan fingerprint density at radius 3 is 2.35 bits per heavy atom. The summed E-state index contributed by atoms with van der Waals surface area (Å²) in [6.07, 6.45) is 33.7. The largest absolute Gasteiger partial charge is 0.361 e. The number of allylic oxidation sites excluding steroid dienone is 7. The lowest BCUT2D eigenvalue weighted by Gasteiger charge is -2.41. The van der Waals surface area contributed by atoms with Gasteiger partial charge in [-0.05, 0) is 100 Å². The predicted octanol–water partition coefficient (Wildman–Crippen LogP) is 12.5. The highest BCUT2D eigenvalue weighted by molar-refractivity contribution is 6.13. The number of likely N-dealkylation sites (tertiary alicyclic amines) is 1. The minimum atomic E-state index is -0.0348. The van der Waals surface area contributed by atoms with Crippen molar-refractivity contribution >= 4 is 34.3 Å². The Kier molecular flexibility index (Phi) is 8.72. The number of fused-ring (bicyclic) bond motifs is 10. The topological polar surface area (TPSA) is 30.9 Å². The fourth-order valence-electron chi connectivity index (χ4n) is 12.8. The van der Waals surface area contributed by atoms with Gasteiger partial charge in [0.15, 0.2) is 0 Å². The third-order valence-electron chi connectivity index (χ3n) is 15.6. The predicted molar refractivity (Wildman–Crippen MR) is 261 cm³/mol. The zero-order valence-electron chi connectivity index (χ0n) is 35.6. The van der Waals surface area contributed by atoms with Gasteiger partial charge in [-0.2, -0.15) is 0 Å². The highest BCUT2D eigenvalue weighted by Gasteiger charge is 2.51. The molecule has 1 fully saturated rings. The number of aliphatic imine (C=N–C) groups is 1. The molecule has 0 saturated carbocycles. The fourth-order valence-corrected chi connectivity index (χ4v) is 12.8. The van der Waals surface area contributed by atoms with Crippen molar-refractivity contribution in [3.63, 3.8) is 0 Å². The summed E-state index contributed by atoms with van der Waals surface area (Å²) in [5, 5.41) is 6.66. The average molecular weight is 817 g/mol. The molecule has 63 heavy (non-hydrogen) atoms. The summed E-state index contributed by atoms with van der Waals surface area (Å²) in [6, 6.07) is 41.7. The highest BCUT2D eigenvalue weighted by Crippen LogP contribution is 2.55. The number of hydrogen-bond donors (Lipinski definition) is 1. The van der Waals surface area contributed by atoms with Gasteiger partial charge in [-0.25, -0.2) is 0 Å². The molecule has 0 aromatic heterocycles. The van der Waals surface area contributed by atoms with E-state index < -0.39 is 0 Å². The van der Waals surface area contributed by atoms with E-state index in [1.165, 1.54) is 61.2 Å². The first-order chi connectivity index (χ1) is 31.2. The van der Waals surface area contributed by atoms with Gasteiger partial charge >= 0.3 is 0 Å². The standard InChI is InChI=1S/C59H52N4/c1-37-57(39-16-4-2-5-17-39)60-59(40-18-6-3-7-19-40)61-58(37)48-25-14-22-43-33-44(28-30-46(43)48)63-53-32-29-45(36-51(53)50-34-41-20-8-9-21-42(41)35-55(50)63)62-52-26-13-12-24-49(52)56-47-23-11-10-15-38(47)27-31-54(56)62/h2-18,20-27,31,33-36,40,49,51-54,56,58-59,61H,1,19,28-30,32H2. The number of benzene rings is 5. The molecule has 0 spiro atoms. The van der Waals surface area contributed by atoms with E-state index in [0.29, 0.717) is 41.8 Å². The molecule has 0 radical (unpaired) electrons. The van der Waals surface area contributed by atoms with Crippen LogP contribution in [0.4, 0.5) is 5.69 Å². The van der Waals surface area contributed by atoms with Gasteiger partial charge in [-0.15, -0.1) is 0 Å². The summed E-state index contributed by atoms with van der Waals surface area (Å²) in [4.78, 5) is 11.0. The molecular formula is C59H52N4. The van der Waals surface area contributed by atoms with Gasteiger partial charge in [0.25, 0.3) is 0 Å². The second kappa shape index (κ2) is 14.8. The van der Waals surface area contributed by atoms with Crippen LogP contribution in [0.25, 0.3) is 22.9 Å². The van der Waals surface area contributed by atoms with Crippen LogP contribution in [0.5, 0.6) is 0 Å². The second-order valence-electron chi connectivity index (χ2n) is 18.8. The normalized spacial score (nSPS) is 29.6. The quantitative estimate of drug-likeness (QED) is 0.192. The summed E-state index contributed by atoms with van der Waals surface area (Å²) in [6.45, 7) is 4.75. The molecule has 8 aliphatic rings. The molecule has 5 aliphatic carbocycles. The van der Waals surface area contributed by atoms with E-state index in [1.54, 1.807) is 0 Å². The van der Waals surface area contributed by atoms with Crippen LogP contribution in [0.3, 0.4) is 0 Å². The van der Waals surface area contributed by atoms with E-state index in [0.717, 1.165) is 49.0 Å². The molecule has 1 N–H and O–H groups in total. The first kappa shape index (κ1) is 37.1. The van der Waals surface area contributed by atoms with Gasteiger partial charge in [0, 0.05) is 52.4 Å². The van der Waals surface area contributed by atoms with Crippen LogP contribution in [-0.4, -0.2) is 34.9 Å². The van der Waals surface area contributed by atoms with E-state index in [1.807, 2.05) is 0 Å². The molecule has 3 aliphatic heterocycles. The van der Waals surface area contributed by atoms with Crippen LogP contribution >= 0.6 is 0 Å².